The minimum absolute atomic E-state index is 0.287. The van der Waals surface area contributed by atoms with Crippen molar-refractivity contribution in [2.24, 2.45) is 13.0 Å². The summed E-state index contributed by atoms with van der Waals surface area (Å²) in [4.78, 5) is 0. The number of methoxy groups -OCH3 is 1. The van der Waals surface area contributed by atoms with E-state index in [4.69, 9.17) is 4.74 Å². The molecule has 25 heavy (non-hydrogen) atoms. The number of benzene rings is 1. The maximum Gasteiger partial charge on any atom is 0.136 e. The molecule has 3 rings (SSSR count). The van der Waals surface area contributed by atoms with Crippen molar-refractivity contribution in [3.05, 3.63) is 59.3 Å². The van der Waals surface area contributed by atoms with Gasteiger partial charge in [-0.25, -0.2) is 4.39 Å². The van der Waals surface area contributed by atoms with Gasteiger partial charge in [0, 0.05) is 31.2 Å². The van der Waals surface area contributed by atoms with Gasteiger partial charge in [0.1, 0.15) is 11.6 Å². The summed E-state index contributed by atoms with van der Waals surface area (Å²) >= 11 is 0. The van der Waals surface area contributed by atoms with E-state index in [9.17, 15) is 4.39 Å². The second-order valence-corrected chi connectivity index (χ2v) is 6.35. The van der Waals surface area contributed by atoms with E-state index in [1.807, 2.05) is 19.3 Å². The normalized spacial score (nSPS) is 15.8. The van der Waals surface area contributed by atoms with Crippen LogP contribution in [0.1, 0.15) is 19.4 Å². The Labute approximate surface area is 147 Å². The quantitative estimate of drug-likeness (QED) is 0.873. The van der Waals surface area contributed by atoms with Crippen LogP contribution in [0.15, 0.2) is 47.9 Å². The number of nitrogens with one attached hydrogen (secondary N) is 2. The minimum Gasteiger partial charge on any atom is -0.496 e. The highest BCUT2D eigenvalue weighted by atomic mass is 19.1. The number of halogens is 1. The van der Waals surface area contributed by atoms with E-state index in [0.29, 0.717) is 17.9 Å². The molecule has 1 aliphatic heterocycles. The summed E-state index contributed by atoms with van der Waals surface area (Å²) in [5.74, 6) is 0.507. The fourth-order valence-electron chi connectivity index (χ4n) is 2.97. The summed E-state index contributed by atoms with van der Waals surface area (Å²) in [5, 5.41) is 10.9. The number of rotatable bonds is 5. The third kappa shape index (κ3) is 3.52. The van der Waals surface area contributed by atoms with Gasteiger partial charge in [0.05, 0.1) is 24.6 Å². The predicted molar refractivity (Wildman–Crippen MR) is 97.6 cm³/mol. The van der Waals surface area contributed by atoms with E-state index in [0.717, 1.165) is 22.7 Å². The second kappa shape index (κ2) is 7.01. The minimum atomic E-state index is -0.300. The number of aryl methyl sites for hydroxylation is 1. The van der Waals surface area contributed by atoms with Gasteiger partial charge in [0.15, 0.2) is 0 Å². The average Bonchev–Trinajstić information content (AvgIpc) is 3.21. The van der Waals surface area contributed by atoms with E-state index in [2.05, 4.69) is 29.6 Å². The summed E-state index contributed by atoms with van der Waals surface area (Å²) < 4.78 is 21.4. The summed E-state index contributed by atoms with van der Waals surface area (Å²) in [6.45, 7) is 4.88. The number of aromatic nitrogens is 2. The van der Waals surface area contributed by atoms with Gasteiger partial charge in [-0.3, -0.25) is 4.68 Å². The van der Waals surface area contributed by atoms with Gasteiger partial charge in [-0.05, 0) is 29.7 Å². The fraction of sp³-hybridized carbons (Fsp3) is 0.316. The maximum absolute atomic E-state index is 14.3. The standard InChI is InChI=1S/C19H23FN4O/c1-12(2)19(23-14-10-22-24(3)11-14)13-8-16(21-9-13)18-15(20)6-5-7-17(18)25-4/h5-8,10-12,21,23H,9H2,1-4H3/b19-13-. The Kier molecular flexibility index (Phi) is 4.79. The first-order valence-electron chi connectivity index (χ1n) is 8.26. The van der Waals surface area contributed by atoms with Gasteiger partial charge in [0.25, 0.3) is 0 Å². The van der Waals surface area contributed by atoms with E-state index in [1.54, 1.807) is 30.1 Å². The van der Waals surface area contributed by atoms with Crippen LogP contribution in [0.25, 0.3) is 5.70 Å². The zero-order valence-corrected chi connectivity index (χ0v) is 14.9. The number of hydrogen-bond donors (Lipinski definition) is 2. The maximum atomic E-state index is 14.3. The molecule has 1 aromatic carbocycles. The predicted octanol–water partition coefficient (Wildman–Crippen LogP) is 3.53. The van der Waals surface area contributed by atoms with Crippen LogP contribution in [0.2, 0.25) is 0 Å². The Morgan fingerprint density at radius 2 is 2.20 bits per heavy atom. The first kappa shape index (κ1) is 17.1. The molecule has 2 heterocycles. The molecule has 6 heteroatoms. The molecule has 2 N–H and O–H groups in total. The van der Waals surface area contributed by atoms with Crippen molar-refractivity contribution >= 4 is 11.4 Å². The lowest BCUT2D eigenvalue weighted by Crippen LogP contribution is -2.14. The topological polar surface area (TPSA) is 51.1 Å². The Morgan fingerprint density at radius 1 is 1.40 bits per heavy atom. The molecule has 1 aromatic heterocycles. The molecule has 0 saturated heterocycles. The Hall–Kier alpha value is -2.76. The van der Waals surface area contributed by atoms with Crippen molar-refractivity contribution in [1.82, 2.24) is 15.1 Å². The molecule has 1 aliphatic rings. The van der Waals surface area contributed by atoms with Crippen molar-refractivity contribution in [1.29, 1.82) is 0 Å². The first-order valence-corrected chi connectivity index (χ1v) is 8.26. The molecule has 0 atom stereocenters. The lowest BCUT2D eigenvalue weighted by atomic mass is 10.0. The van der Waals surface area contributed by atoms with Crippen LogP contribution in [0.5, 0.6) is 5.75 Å². The van der Waals surface area contributed by atoms with Gasteiger partial charge in [0.2, 0.25) is 0 Å². The van der Waals surface area contributed by atoms with E-state index in [1.165, 1.54) is 6.07 Å². The van der Waals surface area contributed by atoms with Crippen molar-refractivity contribution in [2.45, 2.75) is 13.8 Å². The summed E-state index contributed by atoms with van der Waals surface area (Å²) in [6.07, 6.45) is 5.70. The largest absolute Gasteiger partial charge is 0.496 e. The molecule has 132 valence electrons. The zero-order valence-electron chi connectivity index (χ0n) is 14.9. The second-order valence-electron chi connectivity index (χ2n) is 6.35. The third-order valence-electron chi connectivity index (χ3n) is 4.16. The Morgan fingerprint density at radius 3 is 2.84 bits per heavy atom. The number of allylic oxidation sites excluding steroid dienone is 1. The molecule has 0 amide bonds. The highest BCUT2D eigenvalue weighted by Crippen LogP contribution is 2.32. The van der Waals surface area contributed by atoms with Crippen LogP contribution in [-0.4, -0.2) is 23.4 Å². The van der Waals surface area contributed by atoms with E-state index < -0.39 is 0 Å². The van der Waals surface area contributed by atoms with Crippen LogP contribution in [0.3, 0.4) is 0 Å². The average molecular weight is 342 g/mol. The van der Waals surface area contributed by atoms with Gasteiger partial charge in [-0.1, -0.05) is 19.9 Å². The number of ether oxygens (including phenoxy) is 1. The van der Waals surface area contributed by atoms with Crippen molar-refractivity contribution in [2.75, 3.05) is 19.0 Å². The molecule has 0 saturated carbocycles. The molecule has 5 nitrogen and oxygen atoms in total. The molecule has 0 fully saturated rings. The smallest absolute Gasteiger partial charge is 0.136 e. The van der Waals surface area contributed by atoms with Crippen molar-refractivity contribution < 1.29 is 9.13 Å². The summed E-state index contributed by atoms with van der Waals surface area (Å²) in [6, 6.07) is 4.85. The van der Waals surface area contributed by atoms with Gasteiger partial charge < -0.3 is 15.4 Å². The number of anilines is 1. The van der Waals surface area contributed by atoms with Gasteiger partial charge in [-0.15, -0.1) is 0 Å². The highest BCUT2D eigenvalue weighted by Gasteiger charge is 2.21. The number of hydrogen-bond acceptors (Lipinski definition) is 4. The number of nitrogens with zero attached hydrogens (tertiary/aromatic N) is 2. The van der Waals surface area contributed by atoms with E-state index in [-0.39, 0.29) is 11.7 Å². The molecular weight excluding hydrogens is 319 g/mol. The zero-order chi connectivity index (χ0) is 18.0. The van der Waals surface area contributed by atoms with Crippen LogP contribution in [0, 0.1) is 11.7 Å². The van der Waals surface area contributed by atoms with Gasteiger partial charge in [-0.2, -0.15) is 5.10 Å². The molecule has 0 bridgehead atoms. The molecule has 2 aromatic rings. The van der Waals surface area contributed by atoms with Crippen LogP contribution in [0.4, 0.5) is 10.1 Å². The van der Waals surface area contributed by atoms with Crippen molar-refractivity contribution in [3.63, 3.8) is 0 Å². The molecule has 0 unspecified atom stereocenters. The van der Waals surface area contributed by atoms with E-state index >= 15 is 0 Å². The van der Waals surface area contributed by atoms with Crippen LogP contribution >= 0.6 is 0 Å². The lowest BCUT2D eigenvalue weighted by Gasteiger charge is -2.15. The van der Waals surface area contributed by atoms with Crippen LogP contribution in [-0.2, 0) is 7.05 Å². The molecule has 0 radical (unpaired) electrons. The molecular formula is C19H23FN4O. The first-order chi connectivity index (χ1) is 12.0. The SMILES string of the molecule is COc1cccc(F)c1C1=C/C(=C(/Nc2cnn(C)c2)C(C)C)CN1. The van der Waals surface area contributed by atoms with Gasteiger partial charge >= 0.3 is 0 Å². The Balaban J connectivity index is 1.98. The Bertz CT molecular complexity index is 836. The summed E-state index contributed by atoms with van der Waals surface area (Å²) in [5.41, 5.74) is 4.31. The third-order valence-corrected chi connectivity index (χ3v) is 4.16. The lowest BCUT2D eigenvalue weighted by molar-refractivity contribution is 0.409. The molecule has 0 aliphatic carbocycles. The van der Waals surface area contributed by atoms with Crippen molar-refractivity contribution in [3.8, 4) is 5.75 Å². The molecule has 0 spiro atoms. The van der Waals surface area contributed by atoms with Crippen LogP contribution < -0.4 is 15.4 Å². The fourth-order valence-corrected chi connectivity index (χ4v) is 2.97. The monoisotopic (exact) mass is 342 g/mol. The highest BCUT2D eigenvalue weighted by molar-refractivity contribution is 5.75. The summed E-state index contributed by atoms with van der Waals surface area (Å²) in [7, 11) is 3.43.